The van der Waals surface area contributed by atoms with Crippen molar-refractivity contribution in [1.82, 2.24) is 0 Å². The predicted molar refractivity (Wildman–Crippen MR) is 96.1 cm³/mol. The second-order valence-corrected chi connectivity index (χ2v) is 6.62. The summed E-state index contributed by atoms with van der Waals surface area (Å²) in [7, 11) is 1.31. The van der Waals surface area contributed by atoms with Crippen LogP contribution < -0.4 is 10.2 Å². The highest BCUT2D eigenvalue weighted by molar-refractivity contribution is 7.12. The number of hydrogen-bond acceptors (Lipinski definition) is 5. The van der Waals surface area contributed by atoms with Gasteiger partial charge in [-0.1, -0.05) is 0 Å². The number of ether oxygens (including phenoxy) is 1. The molecule has 2 heterocycles. The predicted octanol–water partition coefficient (Wildman–Crippen LogP) is 3.78. The van der Waals surface area contributed by atoms with E-state index in [0.29, 0.717) is 16.1 Å². The first-order valence-electron chi connectivity index (χ1n) is 8.01. The molecule has 1 amide bonds. The van der Waals surface area contributed by atoms with Crippen molar-refractivity contribution in [2.24, 2.45) is 0 Å². The number of piperidine rings is 1. The van der Waals surface area contributed by atoms with Gasteiger partial charge in [0, 0.05) is 24.5 Å². The van der Waals surface area contributed by atoms with E-state index in [4.69, 9.17) is 4.74 Å². The van der Waals surface area contributed by atoms with Crippen molar-refractivity contribution in [3.63, 3.8) is 0 Å². The van der Waals surface area contributed by atoms with E-state index in [1.165, 1.54) is 43.4 Å². The second-order valence-electron chi connectivity index (χ2n) is 5.70. The molecule has 0 saturated carbocycles. The number of rotatable bonds is 4. The Morgan fingerprint density at radius 2 is 1.79 bits per heavy atom. The zero-order valence-corrected chi connectivity index (χ0v) is 14.4. The number of methoxy groups -OCH3 is 1. The summed E-state index contributed by atoms with van der Waals surface area (Å²) in [5, 5.41) is 4.54. The van der Waals surface area contributed by atoms with Crippen molar-refractivity contribution >= 4 is 34.6 Å². The molecule has 1 aliphatic rings. The highest BCUT2D eigenvalue weighted by Crippen LogP contribution is 2.23. The van der Waals surface area contributed by atoms with Crippen LogP contribution in [0.15, 0.2) is 35.7 Å². The zero-order valence-electron chi connectivity index (χ0n) is 13.6. The number of anilines is 2. The van der Waals surface area contributed by atoms with Crippen LogP contribution in [0.5, 0.6) is 0 Å². The molecule has 0 spiro atoms. The van der Waals surface area contributed by atoms with Crippen LogP contribution in [0.3, 0.4) is 0 Å². The molecule has 0 aliphatic carbocycles. The molecule has 6 heteroatoms. The Hall–Kier alpha value is -2.34. The van der Waals surface area contributed by atoms with Crippen LogP contribution in [0.2, 0.25) is 0 Å². The quantitative estimate of drug-likeness (QED) is 0.858. The van der Waals surface area contributed by atoms with Gasteiger partial charge in [0.05, 0.1) is 12.7 Å². The minimum absolute atomic E-state index is 0.303. The molecular weight excluding hydrogens is 324 g/mol. The number of nitrogens with one attached hydrogen (secondary N) is 1. The highest BCUT2D eigenvalue weighted by atomic mass is 32.1. The average molecular weight is 344 g/mol. The first-order chi connectivity index (χ1) is 11.7. The van der Waals surface area contributed by atoms with Crippen LogP contribution in [0.1, 0.15) is 39.3 Å². The Bertz CT molecular complexity index is 718. The Labute approximate surface area is 145 Å². The van der Waals surface area contributed by atoms with Crippen LogP contribution in [-0.2, 0) is 4.74 Å². The van der Waals surface area contributed by atoms with E-state index in [2.05, 4.69) is 10.2 Å². The average Bonchev–Trinajstić information content (AvgIpc) is 3.12. The lowest BCUT2D eigenvalue weighted by Gasteiger charge is -2.28. The van der Waals surface area contributed by atoms with Crippen molar-refractivity contribution < 1.29 is 14.3 Å². The number of nitrogens with zero attached hydrogens (tertiary/aromatic N) is 1. The smallest absolute Gasteiger partial charge is 0.348 e. The molecule has 0 atom stereocenters. The van der Waals surface area contributed by atoms with Crippen LogP contribution in [0, 0.1) is 0 Å². The van der Waals surface area contributed by atoms with Gasteiger partial charge >= 0.3 is 5.97 Å². The molecule has 0 bridgehead atoms. The van der Waals surface area contributed by atoms with Crippen molar-refractivity contribution in [1.29, 1.82) is 0 Å². The molecule has 1 saturated heterocycles. The Kier molecular flexibility index (Phi) is 5.15. The van der Waals surface area contributed by atoms with Crippen molar-refractivity contribution in [2.45, 2.75) is 19.3 Å². The SMILES string of the molecule is COC(=O)c1sccc1C(=O)Nc1ccc(N2CCCCC2)cc1. The van der Waals surface area contributed by atoms with Gasteiger partial charge in [-0.25, -0.2) is 4.79 Å². The standard InChI is InChI=1S/C18H20N2O3S/c1-23-18(22)16-15(9-12-24-16)17(21)19-13-5-7-14(8-6-13)20-10-3-2-4-11-20/h5-9,12H,2-4,10-11H2,1H3,(H,19,21). The van der Waals surface area contributed by atoms with E-state index in [1.807, 2.05) is 24.3 Å². The summed E-state index contributed by atoms with van der Waals surface area (Å²) in [5.74, 6) is -0.794. The lowest BCUT2D eigenvalue weighted by atomic mass is 10.1. The van der Waals surface area contributed by atoms with Crippen LogP contribution in [0.25, 0.3) is 0 Å². The van der Waals surface area contributed by atoms with E-state index in [9.17, 15) is 9.59 Å². The van der Waals surface area contributed by atoms with Gasteiger partial charge in [0.15, 0.2) is 0 Å². The summed E-state index contributed by atoms with van der Waals surface area (Å²) < 4.78 is 4.70. The van der Waals surface area contributed by atoms with Crippen molar-refractivity contribution in [2.75, 3.05) is 30.4 Å². The van der Waals surface area contributed by atoms with Crippen LogP contribution in [-0.4, -0.2) is 32.1 Å². The maximum atomic E-state index is 12.4. The molecule has 0 radical (unpaired) electrons. The number of esters is 1. The molecule has 1 aliphatic heterocycles. The fraction of sp³-hybridized carbons (Fsp3) is 0.333. The third-order valence-corrected chi connectivity index (χ3v) is 5.02. The minimum atomic E-state index is -0.490. The van der Waals surface area contributed by atoms with Gasteiger partial charge in [0.25, 0.3) is 5.91 Å². The number of carbonyl (C=O) groups excluding carboxylic acids is 2. The third kappa shape index (κ3) is 3.59. The minimum Gasteiger partial charge on any atom is -0.465 e. The van der Waals surface area contributed by atoms with Crippen LogP contribution >= 0.6 is 11.3 Å². The molecule has 1 N–H and O–H groups in total. The molecule has 24 heavy (non-hydrogen) atoms. The molecule has 1 aromatic heterocycles. The normalized spacial score (nSPS) is 14.3. The Morgan fingerprint density at radius 1 is 1.08 bits per heavy atom. The van der Waals surface area contributed by atoms with Gasteiger partial charge < -0.3 is 15.0 Å². The summed E-state index contributed by atoms with van der Waals surface area (Å²) in [5.41, 5.74) is 2.23. The first kappa shape index (κ1) is 16.5. The lowest BCUT2D eigenvalue weighted by Crippen LogP contribution is -2.29. The van der Waals surface area contributed by atoms with E-state index in [-0.39, 0.29) is 5.91 Å². The number of benzene rings is 1. The molecule has 5 nitrogen and oxygen atoms in total. The van der Waals surface area contributed by atoms with Crippen molar-refractivity contribution in [3.8, 4) is 0 Å². The summed E-state index contributed by atoms with van der Waals surface area (Å²) >= 11 is 1.20. The lowest BCUT2D eigenvalue weighted by molar-refractivity contribution is 0.0603. The summed E-state index contributed by atoms with van der Waals surface area (Å²) in [4.78, 5) is 26.7. The monoisotopic (exact) mass is 344 g/mol. The van der Waals surface area contributed by atoms with E-state index in [0.717, 1.165) is 13.1 Å². The molecular formula is C18H20N2O3S. The highest BCUT2D eigenvalue weighted by Gasteiger charge is 2.19. The summed E-state index contributed by atoms with van der Waals surface area (Å²) in [6.07, 6.45) is 3.76. The summed E-state index contributed by atoms with van der Waals surface area (Å²) in [6.45, 7) is 2.17. The van der Waals surface area contributed by atoms with E-state index >= 15 is 0 Å². The fourth-order valence-corrected chi connectivity index (χ4v) is 3.65. The number of carbonyl (C=O) groups is 2. The molecule has 126 valence electrons. The fourth-order valence-electron chi connectivity index (χ4n) is 2.84. The molecule has 1 fully saturated rings. The maximum Gasteiger partial charge on any atom is 0.348 e. The van der Waals surface area contributed by atoms with Gasteiger partial charge in [0.2, 0.25) is 0 Å². The van der Waals surface area contributed by atoms with E-state index < -0.39 is 5.97 Å². The summed E-state index contributed by atoms with van der Waals surface area (Å²) in [6, 6.07) is 9.47. The first-order valence-corrected chi connectivity index (χ1v) is 8.89. The van der Waals surface area contributed by atoms with Gasteiger partial charge in [-0.05, 0) is 55.0 Å². The van der Waals surface area contributed by atoms with Gasteiger partial charge in [-0.2, -0.15) is 0 Å². The van der Waals surface area contributed by atoms with Gasteiger partial charge in [-0.3, -0.25) is 4.79 Å². The zero-order chi connectivity index (χ0) is 16.9. The van der Waals surface area contributed by atoms with Crippen molar-refractivity contribution in [3.05, 3.63) is 46.2 Å². The Morgan fingerprint density at radius 3 is 2.46 bits per heavy atom. The van der Waals surface area contributed by atoms with Gasteiger partial charge in [-0.15, -0.1) is 11.3 Å². The molecule has 2 aromatic rings. The Balaban J connectivity index is 1.68. The molecule has 0 unspecified atom stereocenters. The molecule has 3 rings (SSSR count). The number of amides is 1. The largest absolute Gasteiger partial charge is 0.465 e. The second kappa shape index (κ2) is 7.49. The van der Waals surface area contributed by atoms with Gasteiger partial charge in [0.1, 0.15) is 4.88 Å². The van der Waals surface area contributed by atoms with Crippen LogP contribution in [0.4, 0.5) is 11.4 Å². The topological polar surface area (TPSA) is 58.6 Å². The third-order valence-electron chi connectivity index (χ3n) is 4.13. The maximum absolute atomic E-state index is 12.4. The number of hydrogen-bond donors (Lipinski definition) is 1. The molecule has 1 aromatic carbocycles. The number of thiophene rings is 1. The van der Waals surface area contributed by atoms with E-state index in [1.54, 1.807) is 11.4 Å².